The standard InChI is InChI=1S/C16H22BO/c18-17-15-9-8-13-11-5-2-1-4-10(11)12-6-3-7-14(15)16(12)13/h2,5,12-16,18H,1,3-4,6-9H2. The minimum Gasteiger partial charge on any atom is -0.454 e. The molecule has 0 heterocycles. The molecule has 95 valence electrons. The lowest BCUT2D eigenvalue weighted by Crippen LogP contribution is -2.38. The molecule has 0 aromatic rings. The fourth-order valence-corrected chi connectivity index (χ4v) is 5.53. The van der Waals surface area contributed by atoms with Crippen LogP contribution in [-0.4, -0.2) is 12.5 Å². The molecule has 1 N–H and O–H groups in total. The average molecular weight is 241 g/mol. The van der Waals surface area contributed by atoms with Gasteiger partial charge in [0.1, 0.15) is 0 Å². The molecule has 0 aromatic carbocycles. The number of hydrogen-bond donors (Lipinski definition) is 1. The molecule has 4 aliphatic carbocycles. The van der Waals surface area contributed by atoms with Crippen LogP contribution in [0.5, 0.6) is 0 Å². The van der Waals surface area contributed by atoms with Crippen LogP contribution in [0.3, 0.4) is 0 Å². The monoisotopic (exact) mass is 241 g/mol. The number of hydrogen-bond acceptors (Lipinski definition) is 1. The van der Waals surface area contributed by atoms with Gasteiger partial charge in [-0.15, -0.1) is 0 Å². The zero-order valence-electron chi connectivity index (χ0n) is 11.0. The summed E-state index contributed by atoms with van der Waals surface area (Å²) < 4.78 is 0. The molecule has 2 saturated carbocycles. The summed E-state index contributed by atoms with van der Waals surface area (Å²) in [7, 11) is 1.52. The summed E-state index contributed by atoms with van der Waals surface area (Å²) >= 11 is 0. The Morgan fingerprint density at radius 2 is 2.06 bits per heavy atom. The SMILES string of the molecule is O[B]C1CCC2C3=C(CCC=C3)C3CCCC1C23. The van der Waals surface area contributed by atoms with Gasteiger partial charge in [0.2, 0.25) is 0 Å². The molecule has 0 aromatic heterocycles. The van der Waals surface area contributed by atoms with E-state index in [1.54, 1.807) is 5.57 Å². The van der Waals surface area contributed by atoms with E-state index in [0.29, 0.717) is 5.82 Å². The van der Waals surface area contributed by atoms with E-state index in [0.717, 1.165) is 23.7 Å². The van der Waals surface area contributed by atoms with Crippen molar-refractivity contribution in [3.05, 3.63) is 23.3 Å². The first-order chi connectivity index (χ1) is 8.90. The third-order valence-electron chi connectivity index (χ3n) is 6.12. The molecule has 5 unspecified atom stereocenters. The predicted molar refractivity (Wildman–Crippen MR) is 74.2 cm³/mol. The van der Waals surface area contributed by atoms with Crippen molar-refractivity contribution in [1.29, 1.82) is 0 Å². The van der Waals surface area contributed by atoms with Crippen LogP contribution in [-0.2, 0) is 0 Å². The maximum absolute atomic E-state index is 9.53. The molecule has 0 saturated heterocycles. The van der Waals surface area contributed by atoms with Crippen molar-refractivity contribution in [2.45, 2.75) is 50.8 Å². The third kappa shape index (κ3) is 1.45. The summed E-state index contributed by atoms with van der Waals surface area (Å²) in [5.74, 6) is 3.83. The predicted octanol–water partition coefficient (Wildman–Crippen LogP) is 3.49. The fourth-order valence-electron chi connectivity index (χ4n) is 5.53. The Morgan fingerprint density at radius 1 is 1.11 bits per heavy atom. The number of allylic oxidation sites excluding steroid dienone is 4. The molecule has 4 rings (SSSR count). The summed E-state index contributed by atoms with van der Waals surface area (Å²) in [6, 6.07) is 0. The number of rotatable bonds is 1. The Balaban J connectivity index is 1.72. The van der Waals surface area contributed by atoms with Gasteiger partial charge < -0.3 is 5.02 Å². The van der Waals surface area contributed by atoms with Crippen LogP contribution in [0, 0.1) is 23.7 Å². The summed E-state index contributed by atoms with van der Waals surface area (Å²) in [6.45, 7) is 0. The molecular weight excluding hydrogens is 219 g/mol. The van der Waals surface area contributed by atoms with Crippen molar-refractivity contribution >= 4 is 7.48 Å². The molecular formula is C16H22BO. The lowest BCUT2D eigenvalue weighted by molar-refractivity contribution is 0.0978. The van der Waals surface area contributed by atoms with Crippen LogP contribution in [0.25, 0.3) is 0 Å². The van der Waals surface area contributed by atoms with Gasteiger partial charge in [-0.1, -0.05) is 37.0 Å². The third-order valence-corrected chi connectivity index (χ3v) is 6.12. The van der Waals surface area contributed by atoms with E-state index in [1.165, 1.54) is 52.4 Å². The van der Waals surface area contributed by atoms with Crippen LogP contribution in [0.2, 0.25) is 5.82 Å². The van der Waals surface area contributed by atoms with E-state index in [9.17, 15) is 5.02 Å². The van der Waals surface area contributed by atoms with Crippen LogP contribution < -0.4 is 0 Å². The van der Waals surface area contributed by atoms with Crippen LogP contribution in [0.1, 0.15) is 44.9 Å². The average Bonchev–Trinajstić information content (AvgIpc) is 2.77. The first kappa shape index (κ1) is 11.3. The van der Waals surface area contributed by atoms with Gasteiger partial charge in [0.25, 0.3) is 7.48 Å². The Morgan fingerprint density at radius 3 is 2.94 bits per heavy atom. The van der Waals surface area contributed by atoms with Crippen molar-refractivity contribution in [2.75, 3.05) is 0 Å². The van der Waals surface area contributed by atoms with Gasteiger partial charge >= 0.3 is 0 Å². The zero-order valence-corrected chi connectivity index (χ0v) is 11.0. The Labute approximate surface area is 111 Å². The van der Waals surface area contributed by atoms with Gasteiger partial charge in [-0.3, -0.25) is 0 Å². The van der Waals surface area contributed by atoms with Gasteiger partial charge in [-0.25, -0.2) is 0 Å². The van der Waals surface area contributed by atoms with E-state index in [2.05, 4.69) is 12.2 Å². The van der Waals surface area contributed by atoms with E-state index in [4.69, 9.17) is 0 Å². The molecule has 0 bridgehead atoms. The molecule has 0 spiro atoms. The first-order valence-electron chi connectivity index (χ1n) is 7.77. The Bertz CT molecular complexity index is 411. The lowest BCUT2D eigenvalue weighted by Gasteiger charge is -2.46. The van der Waals surface area contributed by atoms with Gasteiger partial charge in [0.15, 0.2) is 0 Å². The minimum atomic E-state index is 0.486. The summed E-state index contributed by atoms with van der Waals surface area (Å²) in [5.41, 5.74) is 3.54. The van der Waals surface area contributed by atoms with Crippen molar-refractivity contribution < 1.29 is 5.02 Å². The second-order valence-corrected chi connectivity index (χ2v) is 6.70. The highest BCUT2D eigenvalue weighted by molar-refractivity contribution is 6.27. The molecule has 4 aliphatic rings. The molecule has 18 heavy (non-hydrogen) atoms. The van der Waals surface area contributed by atoms with E-state index >= 15 is 0 Å². The lowest BCUT2D eigenvalue weighted by atomic mass is 9.52. The minimum absolute atomic E-state index is 0.486. The zero-order chi connectivity index (χ0) is 12.1. The van der Waals surface area contributed by atoms with Crippen molar-refractivity contribution in [1.82, 2.24) is 0 Å². The largest absolute Gasteiger partial charge is 0.454 e. The maximum Gasteiger partial charge on any atom is 0.290 e. The van der Waals surface area contributed by atoms with Gasteiger partial charge in [0, 0.05) is 0 Å². The Hall–Kier alpha value is -0.495. The molecule has 5 atom stereocenters. The van der Waals surface area contributed by atoms with E-state index in [1.807, 2.05) is 5.57 Å². The highest BCUT2D eigenvalue weighted by atomic mass is 16.2. The Kier molecular flexibility index (Phi) is 2.69. The number of fused-ring (bicyclic) bond motifs is 2. The van der Waals surface area contributed by atoms with Gasteiger partial charge in [0.05, 0.1) is 0 Å². The maximum atomic E-state index is 9.53. The summed E-state index contributed by atoms with van der Waals surface area (Å²) in [5, 5.41) is 9.53. The quantitative estimate of drug-likeness (QED) is 0.697. The highest BCUT2D eigenvalue weighted by Gasteiger charge is 2.51. The van der Waals surface area contributed by atoms with Crippen LogP contribution in [0.4, 0.5) is 0 Å². The second kappa shape index (κ2) is 4.26. The van der Waals surface area contributed by atoms with Crippen molar-refractivity contribution in [2.24, 2.45) is 23.7 Å². The second-order valence-electron chi connectivity index (χ2n) is 6.70. The summed E-state index contributed by atoms with van der Waals surface area (Å²) in [4.78, 5) is 0. The van der Waals surface area contributed by atoms with E-state index in [-0.39, 0.29) is 0 Å². The van der Waals surface area contributed by atoms with Gasteiger partial charge in [-0.2, -0.15) is 0 Å². The van der Waals surface area contributed by atoms with Crippen LogP contribution in [0.15, 0.2) is 23.3 Å². The van der Waals surface area contributed by atoms with Crippen molar-refractivity contribution in [3.63, 3.8) is 0 Å². The first-order valence-corrected chi connectivity index (χ1v) is 7.77. The molecule has 1 nitrogen and oxygen atoms in total. The fraction of sp³-hybridized carbons (Fsp3) is 0.750. The molecule has 2 heteroatoms. The van der Waals surface area contributed by atoms with Gasteiger partial charge in [-0.05, 0) is 60.7 Å². The molecule has 0 amide bonds. The molecule has 2 fully saturated rings. The van der Waals surface area contributed by atoms with E-state index < -0.39 is 0 Å². The normalized spacial score (nSPS) is 45.7. The molecule has 1 radical (unpaired) electrons. The summed E-state index contributed by atoms with van der Waals surface area (Å²) in [6.07, 6.45) is 14.1. The highest BCUT2D eigenvalue weighted by Crippen LogP contribution is 2.61. The van der Waals surface area contributed by atoms with Crippen LogP contribution >= 0.6 is 0 Å². The molecule has 0 aliphatic heterocycles. The van der Waals surface area contributed by atoms with Crippen molar-refractivity contribution in [3.8, 4) is 0 Å². The smallest absolute Gasteiger partial charge is 0.290 e. The topological polar surface area (TPSA) is 20.2 Å².